The number of nitrogens with one attached hydrogen (secondary N) is 2. The van der Waals surface area contributed by atoms with Crippen LogP contribution in [0.25, 0.3) is 0 Å². The number of rotatable bonds is 6. The monoisotopic (exact) mass is 259 g/mol. The molecular weight excluding hydrogens is 242 g/mol. The van der Waals surface area contributed by atoms with Gasteiger partial charge < -0.3 is 21.1 Å². The van der Waals surface area contributed by atoms with E-state index in [-0.39, 0.29) is 0 Å². The zero-order valence-electron chi connectivity index (χ0n) is 10.8. The Kier molecular flexibility index (Phi) is 4.52. The van der Waals surface area contributed by atoms with E-state index in [0.29, 0.717) is 13.2 Å². The number of ether oxygens (including phenoxy) is 1. The van der Waals surface area contributed by atoms with Crippen molar-refractivity contribution in [1.82, 2.24) is 9.97 Å². The van der Waals surface area contributed by atoms with Gasteiger partial charge in [-0.2, -0.15) is 0 Å². The normalized spacial score (nSPS) is 10.2. The highest BCUT2D eigenvalue weighted by atomic mass is 16.5. The zero-order valence-corrected chi connectivity index (χ0v) is 10.8. The number of benzene rings is 1. The van der Waals surface area contributed by atoms with Crippen LogP contribution in [0.4, 0.5) is 23.0 Å². The predicted molar refractivity (Wildman–Crippen MR) is 76.5 cm³/mol. The smallest absolute Gasteiger partial charge is 0.135 e. The fraction of sp³-hybridized carbons (Fsp3) is 0.231. The minimum atomic E-state index is 0.630. The molecular formula is C13H17N5O. The van der Waals surface area contributed by atoms with E-state index >= 15 is 0 Å². The Morgan fingerprint density at radius 2 is 1.89 bits per heavy atom. The van der Waals surface area contributed by atoms with Crippen LogP contribution in [-0.4, -0.2) is 30.2 Å². The van der Waals surface area contributed by atoms with Gasteiger partial charge in [-0.25, -0.2) is 9.97 Å². The van der Waals surface area contributed by atoms with Crippen molar-refractivity contribution in [2.75, 3.05) is 36.6 Å². The fourth-order valence-electron chi connectivity index (χ4n) is 1.52. The first kappa shape index (κ1) is 13.1. The number of hydrogen-bond donors (Lipinski definition) is 3. The van der Waals surface area contributed by atoms with Gasteiger partial charge in [-0.15, -0.1) is 0 Å². The van der Waals surface area contributed by atoms with Crippen molar-refractivity contribution < 1.29 is 4.74 Å². The molecule has 6 heteroatoms. The van der Waals surface area contributed by atoms with E-state index in [9.17, 15) is 0 Å². The second-order valence-corrected chi connectivity index (χ2v) is 3.96. The summed E-state index contributed by atoms with van der Waals surface area (Å²) in [6, 6.07) is 9.31. The van der Waals surface area contributed by atoms with E-state index in [1.807, 2.05) is 30.3 Å². The molecule has 1 heterocycles. The fourth-order valence-corrected chi connectivity index (χ4v) is 1.52. The van der Waals surface area contributed by atoms with Gasteiger partial charge in [0.25, 0.3) is 0 Å². The van der Waals surface area contributed by atoms with E-state index in [1.54, 1.807) is 7.11 Å². The Balaban J connectivity index is 2.00. The molecule has 0 saturated heterocycles. The van der Waals surface area contributed by atoms with Crippen molar-refractivity contribution >= 4 is 23.0 Å². The Morgan fingerprint density at radius 3 is 2.63 bits per heavy atom. The molecule has 6 nitrogen and oxygen atoms in total. The highest BCUT2D eigenvalue weighted by Crippen LogP contribution is 2.17. The molecule has 0 amide bonds. The number of hydrogen-bond acceptors (Lipinski definition) is 6. The largest absolute Gasteiger partial charge is 0.399 e. The minimum Gasteiger partial charge on any atom is -0.399 e. The summed E-state index contributed by atoms with van der Waals surface area (Å²) in [5.74, 6) is 1.48. The van der Waals surface area contributed by atoms with Gasteiger partial charge in [0, 0.05) is 31.1 Å². The van der Waals surface area contributed by atoms with Gasteiger partial charge in [0.05, 0.1) is 6.61 Å². The Morgan fingerprint density at radius 1 is 1.16 bits per heavy atom. The van der Waals surface area contributed by atoms with Crippen LogP contribution in [0.15, 0.2) is 36.7 Å². The molecule has 2 rings (SSSR count). The molecule has 0 aliphatic rings. The average molecular weight is 259 g/mol. The average Bonchev–Trinajstić information content (AvgIpc) is 2.42. The topological polar surface area (TPSA) is 85.1 Å². The first-order chi connectivity index (χ1) is 9.28. The molecule has 2 aromatic rings. The lowest BCUT2D eigenvalue weighted by molar-refractivity contribution is 0.210. The van der Waals surface area contributed by atoms with E-state index in [2.05, 4.69) is 20.6 Å². The van der Waals surface area contributed by atoms with Crippen LogP contribution in [0, 0.1) is 0 Å². The molecule has 0 aliphatic carbocycles. The van der Waals surface area contributed by atoms with Gasteiger partial charge in [0.15, 0.2) is 0 Å². The van der Waals surface area contributed by atoms with Crippen LogP contribution < -0.4 is 16.4 Å². The summed E-state index contributed by atoms with van der Waals surface area (Å²) < 4.78 is 4.97. The van der Waals surface area contributed by atoms with E-state index < -0.39 is 0 Å². The first-order valence-electron chi connectivity index (χ1n) is 5.95. The summed E-state index contributed by atoms with van der Waals surface area (Å²) in [6.07, 6.45) is 1.51. The third-order valence-electron chi connectivity index (χ3n) is 2.46. The molecule has 0 aliphatic heterocycles. The van der Waals surface area contributed by atoms with Gasteiger partial charge in [-0.05, 0) is 24.3 Å². The summed E-state index contributed by atoms with van der Waals surface area (Å²) >= 11 is 0. The molecule has 0 saturated carbocycles. The molecule has 0 bridgehead atoms. The zero-order chi connectivity index (χ0) is 13.5. The number of nitrogens with two attached hydrogens (primary N) is 1. The number of methoxy groups -OCH3 is 1. The van der Waals surface area contributed by atoms with Crippen molar-refractivity contribution in [2.24, 2.45) is 0 Å². The van der Waals surface area contributed by atoms with Crippen LogP contribution in [0.2, 0.25) is 0 Å². The van der Waals surface area contributed by atoms with Crippen molar-refractivity contribution in [3.05, 3.63) is 36.7 Å². The Labute approximate surface area is 112 Å². The second-order valence-electron chi connectivity index (χ2n) is 3.96. The predicted octanol–water partition coefficient (Wildman–Crippen LogP) is 1.86. The summed E-state index contributed by atoms with van der Waals surface area (Å²) in [5, 5.41) is 6.33. The molecule has 0 fully saturated rings. The van der Waals surface area contributed by atoms with Gasteiger partial charge in [-0.1, -0.05) is 0 Å². The van der Waals surface area contributed by atoms with E-state index in [4.69, 9.17) is 10.5 Å². The van der Waals surface area contributed by atoms with Gasteiger partial charge in [-0.3, -0.25) is 0 Å². The maximum Gasteiger partial charge on any atom is 0.135 e. The van der Waals surface area contributed by atoms with Gasteiger partial charge in [0.1, 0.15) is 18.0 Å². The van der Waals surface area contributed by atoms with Crippen LogP contribution >= 0.6 is 0 Å². The van der Waals surface area contributed by atoms with Crippen LogP contribution in [0.5, 0.6) is 0 Å². The summed E-state index contributed by atoms with van der Waals surface area (Å²) in [6.45, 7) is 1.33. The van der Waals surface area contributed by atoms with Crippen LogP contribution in [-0.2, 0) is 4.74 Å². The first-order valence-corrected chi connectivity index (χ1v) is 5.95. The lowest BCUT2D eigenvalue weighted by Gasteiger charge is -2.08. The van der Waals surface area contributed by atoms with Gasteiger partial charge in [0.2, 0.25) is 0 Å². The quantitative estimate of drug-likeness (QED) is 0.542. The van der Waals surface area contributed by atoms with Crippen molar-refractivity contribution in [1.29, 1.82) is 0 Å². The van der Waals surface area contributed by atoms with Crippen molar-refractivity contribution in [2.45, 2.75) is 0 Å². The summed E-state index contributed by atoms with van der Waals surface area (Å²) in [5.41, 5.74) is 7.30. The number of anilines is 4. The van der Waals surface area contributed by atoms with E-state index in [0.717, 1.165) is 23.0 Å². The number of aromatic nitrogens is 2. The van der Waals surface area contributed by atoms with E-state index in [1.165, 1.54) is 6.33 Å². The Hall–Kier alpha value is -2.34. The van der Waals surface area contributed by atoms with Crippen LogP contribution in [0.3, 0.4) is 0 Å². The highest BCUT2D eigenvalue weighted by molar-refractivity contribution is 5.60. The molecule has 0 radical (unpaired) electrons. The molecule has 0 spiro atoms. The number of nitrogens with zero attached hydrogens (tertiary/aromatic N) is 2. The van der Waals surface area contributed by atoms with Crippen LogP contribution in [0.1, 0.15) is 0 Å². The molecule has 0 atom stereocenters. The standard InChI is InChI=1S/C13H17N5O/c1-19-7-6-15-12-8-13(17-9-16-12)18-11-4-2-10(14)3-5-11/h2-5,8-9H,6-7,14H2,1H3,(H2,15,16,17,18). The molecule has 1 aromatic heterocycles. The highest BCUT2D eigenvalue weighted by Gasteiger charge is 1.99. The second kappa shape index (κ2) is 6.55. The molecule has 0 unspecified atom stereocenters. The lowest BCUT2D eigenvalue weighted by Crippen LogP contribution is -2.09. The molecule has 1 aromatic carbocycles. The third kappa shape index (κ3) is 4.11. The molecule has 100 valence electrons. The third-order valence-corrected chi connectivity index (χ3v) is 2.46. The van der Waals surface area contributed by atoms with Crippen molar-refractivity contribution in [3.8, 4) is 0 Å². The SMILES string of the molecule is COCCNc1cc(Nc2ccc(N)cc2)ncn1. The maximum absolute atomic E-state index is 5.64. The lowest BCUT2D eigenvalue weighted by atomic mass is 10.3. The number of nitrogen functional groups attached to an aromatic ring is 1. The Bertz CT molecular complexity index is 515. The maximum atomic E-state index is 5.64. The summed E-state index contributed by atoms with van der Waals surface area (Å²) in [7, 11) is 1.66. The van der Waals surface area contributed by atoms with Crippen molar-refractivity contribution in [3.63, 3.8) is 0 Å². The minimum absolute atomic E-state index is 0.630. The molecule has 19 heavy (non-hydrogen) atoms. The van der Waals surface area contributed by atoms with Gasteiger partial charge >= 0.3 is 0 Å². The molecule has 4 N–H and O–H groups in total. The summed E-state index contributed by atoms with van der Waals surface area (Å²) in [4.78, 5) is 8.29.